The molecule has 8 nitrogen and oxygen atoms in total. The molecule has 1 N–H and O–H groups in total. The Kier molecular flexibility index (Phi) is 7.22. The number of carbonyl (C=O) groups is 1. The summed E-state index contributed by atoms with van der Waals surface area (Å²) in [5, 5.41) is 7.43. The van der Waals surface area contributed by atoms with Crippen molar-refractivity contribution < 1.29 is 18.7 Å². The van der Waals surface area contributed by atoms with Crippen molar-refractivity contribution in [1.82, 2.24) is 19.7 Å². The second kappa shape index (κ2) is 10.5. The molecule has 1 unspecified atom stereocenters. The van der Waals surface area contributed by atoms with Gasteiger partial charge in [0.25, 0.3) is 5.91 Å². The summed E-state index contributed by atoms with van der Waals surface area (Å²) in [7, 11) is 0. The van der Waals surface area contributed by atoms with Gasteiger partial charge in [0.15, 0.2) is 0 Å². The van der Waals surface area contributed by atoms with Crippen LogP contribution in [0.5, 0.6) is 5.75 Å². The highest BCUT2D eigenvalue weighted by Gasteiger charge is 2.28. The van der Waals surface area contributed by atoms with Crippen molar-refractivity contribution in [2.24, 2.45) is 5.92 Å². The Hall–Kier alpha value is -2.68. The van der Waals surface area contributed by atoms with E-state index in [2.05, 4.69) is 10.4 Å². The predicted octanol–water partition coefficient (Wildman–Crippen LogP) is 3.77. The van der Waals surface area contributed by atoms with Crippen molar-refractivity contribution in [2.75, 3.05) is 13.2 Å². The first kappa shape index (κ1) is 24.0. The van der Waals surface area contributed by atoms with Crippen LogP contribution in [-0.4, -0.2) is 45.6 Å². The van der Waals surface area contributed by atoms with Crippen LogP contribution in [0.1, 0.15) is 80.9 Å². The predicted molar refractivity (Wildman–Crippen MR) is 129 cm³/mol. The van der Waals surface area contributed by atoms with Gasteiger partial charge in [0.1, 0.15) is 23.1 Å². The minimum Gasteiger partial charge on any atom is -0.490 e. The first-order valence-electron chi connectivity index (χ1n) is 13.1. The average molecular weight is 487 g/mol. The Morgan fingerprint density at radius 3 is 2.66 bits per heavy atom. The summed E-state index contributed by atoms with van der Waals surface area (Å²) >= 11 is 0. The van der Waals surface area contributed by atoms with Gasteiger partial charge < -0.3 is 14.8 Å². The number of aromatic nitrogens is 3. The van der Waals surface area contributed by atoms with E-state index in [1.807, 2.05) is 6.92 Å². The third-order valence-electron chi connectivity index (χ3n) is 7.68. The maximum Gasteiger partial charge on any atom is 0.350 e. The standard InChI is InChI=1S/C26H35FN4O4/c1-17(18-7-3-2-4-8-18)35-23-16-22(31-26(33)30-12-6-5-9-24(30)29-31)21(27)15-20(23)25(32)28-19-10-13-34-14-11-19/h15-19H,2-14H2,1H3,(H,28,32). The van der Waals surface area contributed by atoms with Gasteiger partial charge in [-0.2, -0.15) is 4.68 Å². The number of nitrogens with zero attached hydrogens (tertiary/aromatic N) is 3. The van der Waals surface area contributed by atoms with E-state index in [4.69, 9.17) is 9.47 Å². The molecule has 1 aliphatic carbocycles. The lowest BCUT2D eigenvalue weighted by Crippen LogP contribution is -2.39. The quantitative estimate of drug-likeness (QED) is 0.672. The van der Waals surface area contributed by atoms with Crippen LogP contribution in [0.15, 0.2) is 16.9 Å². The number of carbonyl (C=O) groups excluding carboxylic acids is 1. The summed E-state index contributed by atoms with van der Waals surface area (Å²) in [6, 6.07) is 2.65. The average Bonchev–Trinajstić information content (AvgIpc) is 3.22. The Balaban J connectivity index is 1.49. The highest BCUT2D eigenvalue weighted by molar-refractivity contribution is 5.97. The van der Waals surface area contributed by atoms with Crippen molar-refractivity contribution >= 4 is 5.91 Å². The van der Waals surface area contributed by atoms with Crippen LogP contribution in [0.25, 0.3) is 5.69 Å². The van der Waals surface area contributed by atoms with Crippen molar-refractivity contribution in [3.05, 3.63) is 39.8 Å². The van der Waals surface area contributed by atoms with E-state index in [0.29, 0.717) is 43.7 Å². The molecule has 5 rings (SSSR count). The molecule has 1 aromatic heterocycles. The highest BCUT2D eigenvalue weighted by atomic mass is 19.1. The molecule has 2 aliphatic heterocycles. The Morgan fingerprint density at radius 2 is 1.91 bits per heavy atom. The van der Waals surface area contributed by atoms with Crippen LogP contribution >= 0.6 is 0 Å². The summed E-state index contributed by atoms with van der Waals surface area (Å²) in [4.78, 5) is 26.2. The molecule has 1 saturated carbocycles. The fraction of sp³-hybridized carbons (Fsp3) is 0.654. The van der Waals surface area contributed by atoms with Gasteiger partial charge in [-0.1, -0.05) is 19.3 Å². The molecule has 0 spiro atoms. The molecule has 3 heterocycles. The summed E-state index contributed by atoms with van der Waals surface area (Å²) < 4.78 is 29.9. The van der Waals surface area contributed by atoms with Crippen LogP contribution in [0.4, 0.5) is 4.39 Å². The van der Waals surface area contributed by atoms with Crippen LogP contribution in [0, 0.1) is 11.7 Å². The topological polar surface area (TPSA) is 87.4 Å². The van der Waals surface area contributed by atoms with Crippen LogP contribution in [0.3, 0.4) is 0 Å². The van der Waals surface area contributed by atoms with E-state index in [1.54, 1.807) is 4.57 Å². The zero-order valence-corrected chi connectivity index (χ0v) is 20.4. The maximum atomic E-state index is 15.4. The van der Waals surface area contributed by atoms with Gasteiger partial charge in [-0.3, -0.25) is 9.36 Å². The molecule has 1 amide bonds. The van der Waals surface area contributed by atoms with Crippen molar-refractivity contribution in [3.8, 4) is 11.4 Å². The lowest BCUT2D eigenvalue weighted by molar-refractivity contribution is 0.0691. The van der Waals surface area contributed by atoms with E-state index >= 15 is 4.39 Å². The van der Waals surface area contributed by atoms with Crippen molar-refractivity contribution in [1.29, 1.82) is 0 Å². The number of nitrogens with one attached hydrogen (secondary N) is 1. The summed E-state index contributed by atoms with van der Waals surface area (Å²) in [6.07, 6.45) is 9.57. The number of aryl methyl sites for hydroxylation is 1. The van der Waals surface area contributed by atoms with E-state index in [9.17, 15) is 9.59 Å². The van der Waals surface area contributed by atoms with Gasteiger partial charge in [-0.05, 0) is 57.4 Å². The van der Waals surface area contributed by atoms with Crippen molar-refractivity contribution in [3.63, 3.8) is 0 Å². The van der Waals surface area contributed by atoms with Crippen LogP contribution < -0.4 is 15.7 Å². The van der Waals surface area contributed by atoms with E-state index in [1.165, 1.54) is 31.4 Å². The maximum absolute atomic E-state index is 15.4. The number of halogens is 1. The smallest absolute Gasteiger partial charge is 0.350 e. The normalized spacial score (nSPS) is 20.3. The second-order valence-electron chi connectivity index (χ2n) is 10.1. The van der Waals surface area contributed by atoms with Crippen LogP contribution in [-0.2, 0) is 17.7 Å². The number of amides is 1. The molecule has 35 heavy (non-hydrogen) atoms. The summed E-state index contributed by atoms with van der Waals surface area (Å²) in [5.41, 5.74) is -0.188. The molecule has 1 aromatic carbocycles. The second-order valence-corrected chi connectivity index (χ2v) is 10.1. The SMILES string of the molecule is CC(Oc1cc(-n2nc3n(c2=O)CCCC3)c(F)cc1C(=O)NC1CCOCC1)C1CCCCC1. The van der Waals surface area contributed by atoms with E-state index in [0.717, 1.165) is 43.2 Å². The molecular formula is C26H35FN4O4. The van der Waals surface area contributed by atoms with E-state index in [-0.39, 0.29) is 35.0 Å². The number of hydrogen-bond acceptors (Lipinski definition) is 5. The third kappa shape index (κ3) is 5.15. The fourth-order valence-electron chi connectivity index (χ4n) is 5.54. The molecule has 9 heteroatoms. The molecule has 2 aromatic rings. The lowest BCUT2D eigenvalue weighted by atomic mass is 9.86. The van der Waals surface area contributed by atoms with Gasteiger partial charge in [-0.15, -0.1) is 5.10 Å². The van der Waals surface area contributed by atoms with Gasteiger partial charge in [-0.25, -0.2) is 9.18 Å². The Labute approximate surface area is 204 Å². The third-order valence-corrected chi connectivity index (χ3v) is 7.68. The van der Waals surface area contributed by atoms with Gasteiger partial charge in [0.2, 0.25) is 0 Å². The molecule has 2 fully saturated rings. The molecular weight excluding hydrogens is 451 g/mol. The fourth-order valence-corrected chi connectivity index (χ4v) is 5.54. The zero-order valence-electron chi connectivity index (χ0n) is 20.4. The first-order chi connectivity index (χ1) is 17.0. The molecule has 1 saturated heterocycles. The monoisotopic (exact) mass is 486 g/mol. The zero-order chi connectivity index (χ0) is 24.4. The molecule has 190 valence electrons. The van der Waals surface area contributed by atoms with Gasteiger partial charge in [0, 0.05) is 38.3 Å². The van der Waals surface area contributed by atoms with E-state index < -0.39 is 5.82 Å². The summed E-state index contributed by atoms with van der Waals surface area (Å²) in [5.74, 6) is 0.301. The van der Waals surface area contributed by atoms with Crippen molar-refractivity contribution in [2.45, 2.75) is 89.8 Å². The lowest BCUT2D eigenvalue weighted by Gasteiger charge is -2.29. The van der Waals surface area contributed by atoms with Gasteiger partial charge in [0.05, 0.1) is 11.7 Å². The minimum atomic E-state index is -0.669. The number of fused-ring (bicyclic) bond motifs is 1. The molecule has 1 atom stereocenters. The van der Waals surface area contributed by atoms with Gasteiger partial charge >= 0.3 is 5.69 Å². The Bertz CT molecular complexity index is 1120. The molecule has 0 radical (unpaired) electrons. The largest absolute Gasteiger partial charge is 0.490 e. The number of ether oxygens (including phenoxy) is 2. The first-order valence-corrected chi connectivity index (χ1v) is 13.1. The van der Waals surface area contributed by atoms with Crippen LogP contribution in [0.2, 0.25) is 0 Å². The Morgan fingerprint density at radius 1 is 1.14 bits per heavy atom. The minimum absolute atomic E-state index is 0.0189. The molecule has 3 aliphatic rings. The summed E-state index contributed by atoms with van der Waals surface area (Å²) in [6.45, 7) is 3.78. The molecule has 0 bridgehead atoms. The highest BCUT2D eigenvalue weighted by Crippen LogP contribution is 2.32. The number of hydrogen-bond donors (Lipinski definition) is 1. The number of benzene rings is 1. The number of rotatable bonds is 6.